The van der Waals surface area contributed by atoms with Gasteiger partial charge in [-0.25, -0.2) is 4.98 Å². The first kappa shape index (κ1) is 23.6. The van der Waals surface area contributed by atoms with Crippen molar-refractivity contribution in [3.8, 4) is 29.0 Å². The molecule has 4 aromatic rings. The topological polar surface area (TPSA) is 95.3 Å². The van der Waals surface area contributed by atoms with E-state index in [4.69, 9.17) is 24.9 Å². The molecule has 1 aliphatic carbocycles. The van der Waals surface area contributed by atoms with Gasteiger partial charge in [0.15, 0.2) is 0 Å². The van der Waals surface area contributed by atoms with Crippen molar-refractivity contribution in [1.82, 2.24) is 9.55 Å². The van der Waals surface area contributed by atoms with Gasteiger partial charge in [0, 0.05) is 10.9 Å². The molecule has 2 aromatic carbocycles. The predicted octanol–water partition coefficient (Wildman–Crippen LogP) is 5.78. The number of benzene rings is 2. The summed E-state index contributed by atoms with van der Waals surface area (Å²) in [6.45, 7) is 7.04. The first-order valence-corrected chi connectivity index (χ1v) is 12.1. The maximum Gasteiger partial charge on any atom is 0.148 e. The van der Waals surface area contributed by atoms with Gasteiger partial charge in [-0.05, 0) is 74.9 Å². The third-order valence-corrected chi connectivity index (χ3v) is 6.77. The Hall–Kier alpha value is -4.18. The van der Waals surface area contributed by atoms with Crippen molar-refractivity contribution in [3.63, 3.8) is 0 Å². The van der Waals surface area contributed by atoms with E-state index in [1.807, 2.05) is 67.8 Å². The molecule has 1 fully saturated rings. The van der Waals surface area contributed by atoms with Crippen molar-refractivity contribution in [2.24, 2.45) is 5.92 Å². The van der Waals surface area contributed by atoms with Crippen molar-refractivity contribution in [1.29, 1.82) is 5.26 Å². The van der Waals surface area contributed by atoms with E-state index in [0.29, 0.717) is 47.3 Å². The van der Waals surface area contributed by atoms with Crippen LogP contribution in [0.5, 0.6) is 17.2 Å². The zero-order valence-corrected chi connectivity index (χ0v) is 21.1. The van der Waals surface area contributed by atoms with Gasteiger partial charge < -0.3 is 19.9 Å². The smallest absolute Gasteiger partial charge is 0.148 e. The van der Waals surface area contributed by atoms with Crippen molar-refractivity contribution in [3.05, 3.63) is 70.4 Å². The molecule has 0 atom stereocenters. The lowest BCUT2D eigenvalue weighted by Gasteiger charge is -2.18. The van der Waals surface area contributed by atoms with Crippen molar-refractivity contribution in [2.75, 3.05) is 19.5 Å². The SMILES string of the molecule is COc1ccc(COc2ccc(C)c(-n3c(N)c(C#N)c4cc(OCC5CC5)c(C)nc43)c2C)cc1. The average Bonchev–Trinajstić information content (AvgIpc) is 3.67. The first-order chi connectivity index (χ1) is 17.4. The van der Waals surface area contributed by atoms with Gasteiger partial charge in [-0.15, -0.1) is 0 Å². The molecule has 36 heavy (non-hydrogen) atoms. The number of rotatable bonds is 8. The molecule has 2 aromatic heterocycles. The summed E-state index contributed by atoms with van der Waals surface area (Å²) < 4.78 is 19.3. The number of hydrogen-bond acceptors (Lipinski definition) is 6. The van der Waals surface area contributed by atoms with Gasteiger partial charge in [-0.1, -0.05) is 18.2 Å². The molecule has 0 amide bonds. The fourth-order valence-electron chi connectivity index (χ4n) is 4.48. The maximum atomic E-state index is 9.96. The highest BCUT2D eigenvalue weighted by Crippen LogP contribution is 2.38. The van der Waals surface area contributed by atoms with Crippen LogP contribution >= 0.6 is 0 Å². The number of fused-ring (bicyclic) bond motifs is 1. The molecule has 0 spiro atoms. The zero-order chi connectivity index (χ0) is 25.4. The van der Waals surface area contributed by atoms with E-state index < -0.39 is 0 Å². The number of nitrogen functional groups attached to an aromatic ring is 1. The van der Waals surface area contributed by atoms with Gasteiger partial charge in [0.05, 0.1) is 25.1 Å². The fraction of sp³-hybridized carbons (Fsp3) is 0.310. The summed E-state index contributed by atoms with van der Waals surface area (Å²) in [6, 6.07) is 15.9. The molecular weight excluding hydrogens is 452 g/mol. The Balaban J connectivity index is 1.55. The van der Waals surface area contributed by atoms with Crippen LogP contribution in [0.25, 0.3) is 16.7 Å². The van der Waals surface area contributed by atoms with Crippen LogP contribution < -0.4 is 19.9 Å². The molecule has 5 rings (SSSR count). The Bertz CT molecular complexity index is 1480. The second-order valence-electron chi connectivity index (χ2n) is 9.40. The summed E-state index contributed by atoms with van der Waals surface area (Å²) in [5.41, 5.74) is 12.2. The van der Waals surface area contributed by atoms with E-state index in [1.54, 1.807) is 7.11 Å². The van der Waals surface area contributed by atoms with Gasteiger partial charge in [0.25, 0.3) is 0 Å². The van der Waals surface area contributed by atoms with Crippen molar-refractivity contribution in [2.45, 2.75) is 40.2 Å². The molecule has 7 nitrogen and oxygen atoms in total. The molecule has 0 unspecified atom stereocenters. The lowest BCUT2D eigenvalue weighted by atomic mass is 10.1. The van der Waals surface area contributed by atoms with Crippen LogP contribution in [0.2, 0.25) is 0 Å². The largest absolute Gasteiger partial charge is 0.497 e. The van der Waals surface area contributed by atoms with E-state index in [9.17, 15) is 5.26 Å². The summed E-state index contributed by atoms with van der Waals surface area (Å²) >= 11 is 0. The van der Waals surface area contributed by atoms with Crippen LogP contribution in [0.4, 0.5) is 5.82 Å². The fourth-order valence-corrected chi connectivity index (χ4v) is 4.48. The third-order valence-electron chi connectivity index (χ3n) is 6.77. The summed E-state index contributed by atoms with van der Waals surface area (Å²) in [6.07, 6.45) is 2.41. The van der Waals surface area contributed by atoms with Gasteiger partial charge in [-0.3, -0.25) is 4.57 Å². The monoisotopic (exact) mass is 482 g/mol. The molecule has 2 heterocycles. The Morgan fingerprint density at radius 3 is 2.47 bits per heavy atom. The van der Waals surface area contributed by atoms with Crippen LogP contribution in [0.3, 0.4) is 0 Å². The van der Waals surface area contributed by atoms with E-state index in [2.05, 4.69) is 6.07 Å². The zero-order valence-electron chi connectivity index (χ0n) is 21.1. The van der Waals surface area contributed by atoms with E-state index in [0.717, 1.165) is 39.6 Å². The number of methoxy groups -OCH3 is 1. The molecule has 0 saturated heterocycles. The Labute approximate surface area is 211 Å². The number of nitrogens with two attached hydrogens (primary N) is 1. The number of nitrogens with zero attached hydrogens (tertiary/aromatic N) is 3. The maximum absolute atomic E-state index is 9.96. The number of nitriles is 1. The average molecular weight is 483 g/mol. The quantitative estimate of drug-likeness (QED) is 0.342. The first-order valence-electron chi connectivity index (χ1n) is 12.1. The summed E-state index contributed by atoms with van der Waals surface area (Å²) in [5.74, 6) is 3.23. The van der Waals surface area contributed by atoms with Gasteiger partial charge >= 0.3 is 0 Å². The third kappa shape index (κ3) is 4.31. The predicted molar refractivity (Wildman–Crippen MR) is 140 cm³/mol. The van der Waals surface area contributed by atoms with Crippen molar-refractivity contribution >= 4 is 16.9 Å². The Morgan fingerprint density at radius 2 is 1.81 bits per heavy atom. The van der Waals surface area contributed by atoms with E-state index >= 15 is 0 Å². The Morgan fingerprint density at radius 1 is 1.06 bits per heavy atom. The van der Waals surface area contributed by atoms with Crippen LogP contribution in [0.1, 0.15) is 40.8 Å². The van der Waals surface area contributed by atoms with E-state index in [1.165, 1.54) is 12.8 Å². The highest BCUT2D eigenvalue weighted by molar-refractivity contribution is 5.93. The van der Waals surface area contributed by atoms with Crippen LogP contribution in [0.15, 0.2) is 42.5 Å². The standard InChI is InChI=1S/C29H30N4O3/c1-17-5-12-25(35-15-21-8-10-22(34-4)11-9-21)18(2)27(17)33-28(31)24(14-30)23-13-26(19(3)32-29(23)33)36-16-20-6-7-20/h5,8-13,20H,6-7,15-16,31H2,1-4H3. The van der Waals surface area contributed by atoms with E-state index in [-0.39, 0.29) is 0 Å². The number of anilines is 1. The molecule has 184 valence electrons. The van der Waals surface area contributed by atoms with Crippen LogP contribution in [0, 0.1) is 38.0 Å². The molecule has 0 bridgehead atoms. The second kappa shape index (κ2) is 9.46. The molecule has 0 aliphatic heterocycles. The summed E-state index contributed by atoms with van der Waals surface area (Å²) in [4.78, 5) is 4.86. The van der Waals surface area contributed by atoms with Crippen LogP contribution in [-0.4, -0.2) is 23.3 Å². The summed E-state index contributed by atoms with van der Waals surface area (Å²) in [7, 11) is 1.65. The van der Waals surface area contributed by atoms with Gasteiger partial charge in [0.1, 0.15) is 47.0 Å². The minimum atomic E-state index is 0.359. The molecule has 0 radical (unpaired) electrons. The molecule has 1 saturated carbocycles. The number of aromatic nitrogens is 2. The normalized spacial score (nSPS) is 13.0. The van der Waals surface area contributed by atoms with Crippen molar-refractivity contribution < 1.29 is 14.2 Å². The van der Waals surface area contributed by atoms with Crippen LogP contribution in [-0.2, 0) is 6.61 Å². The van der Waals surface area contributed by atoms with Gasteiger partial charge in [-0.2, -0.15) is 5.26 Å². The highest BCUT2D eigenvalue weighted by Gasteiger charge is 2.25. The molecule has 2 N–H and O–H groups in total. The second-order valence-corrected chi connectivity index (χ2v) is 9.40. The number of ether oxygens (including phenoxy) is 3. The lowest BCUT2D eigenvalue weighted by molar-refractivity contribution is 0.297. The number of hydrogen-bond donors (Lipinski definition) is 1. The highest BCUT2D eigenvalue weighted by atomic mass is 16.5. The number of pyridine rings is 1. The lowest BCUT2D eigenvalue weighted by Crippen LogP contribution is -2.08. The molecule has 1 aliphatic rings. The molecule has 7 heteroatoms. The summed E-state index contributed by atoms with van der Waals surface area (Å²) in [5, 5.41) is 10.6. The minimum absolute atomic E-state index is 0.359. The van der Waals surface area contributed by atoms with Gasteiger partial charge in [0.2, 0.25) is 0 Å². The molecular formula is C29H30N4O3. The minimum Gasteiger partial charge on any atom is -0.497 e. The Kier molecular flexibility index (Phi) is 6.19. The number of aryl methyl sites for hydroxylation is 2.